The van der Waals surface area contributed by atoms with Crippen molar-refractivity contribution >= 4 is 17.8 Å². The number of nitrogens with one attached hydrogen (secondary N) is 3. The third-order valence-electron chi connectivity index (χ3n) is 3.35. The summed E-state index contributed by atoms with van der Waals surface area (Å²) in [6, 6.07) is 4.44. The minimum Gasteiger partial charge on any atom is -0.352 e. The fraction of sp³-hybridized carbons (Fsp3) is 0.357. The van der Waals surface area contributed by atoms with Crippen LogP contribution < -0.4 is 16.0 Å². The lowest BCUT2D eigenvalue weighted by atomic mass is 10.1. The minimum absolute atomic E-state index is 0.183. The Morgan fingerprint density at radius 1 is 1.25 bits per heavy atom. The normalized spacial score (nSPS) is 17.6. The SMILES string of the molecule is Cc1ccc(C(=O)NCCC2NC(=O)NC2=O)cc1C. The van der Waals surface area contributed by atoms with E-state index in [0.717, 1.165) is 11.1 Å². The van der Waals surface area contributed by atoms with Crippen LogP contribution >= 0.6 is 0 Å². The van der Waals surface area contributed by atoms with Gasteiger partial charge in [0, 0.05) is 12.1 Å². The first-order valence-corrected chi connectivity index (χ1v) is 6.44. The first kappa shape index (κ1) is 14.0. The molecular formula is C14H17N3O3. The molecule has 20 heavy (non-hydrogen) atoms. The maximum absolute atomic E-state index is 11.9. The molecule has 1 saturated heterocycles. The standard InChI is InChI=1S/C14H17N3O3/c1-8-3-4-10(7-9(8)2)12(18)15-6-5-11-13(19)17-14(20)16-11/h3-4,7,11H,5-6H2,1-2H3,(H,15,18)(H2,16,17,19,20). The van der Waals surface area contributed by atoms with E-state index in [0.29, 0.717) is 18.5 Å². The Kier molecular flexibility index (Phi) is 4.02. The van der Waals surface area contributed by atoms with Crippen molar-refractivity contribution < 1.29 is 14.4 Å². The van der Waals surface area contributed by atoms with Gasteiger partial charge in [-0.1, -0.05) is 6.07 Å². The summed E-state index contributed by atoms with van der Waals surface area (Å²) in [7, 11) is 0. The van der Waals surface area contributed by atoms with E-state index in [-0.39, 0.29) is 11.8 Å². The first-order valence-electron chi connectivity index (χ1n) is 6.44. The van der Waals surface area contributed by atoms with Gasteiger partial charge in [0.25, 0.3) is 11.8 Å². The molecule has 0 radical (unpaired) electrons. The summed E-state index contributed by atoms with van der Waals surface area (Å²) in [5.41, 5.74) is 2.78. The predicted octanol–water partition coefficient (Wildman–Crippen LogP) is 0.631. The van der Waals surface area contributed by atoms with Crippen LogP contribution in [0.3, 0.4) is 0 Å². The second-order valence-corrected chi connectivity index (χ2v) is 4.86. The molecule has 0 saturated carbocycles. The summed E-state index contributed by atoms with van der Waals surface area (Å²) in [5, 5.41) is 7.37. The van der Waals surface area contributed by atoms with Crippen LogP contribution in [-0.2, 0) is 4.79 Å². The Morgan fingerprint density at radius 2 is 2.00 bits per heavy atom. The monoisotopic (exact) mass is 275 g/mol. The molecule has 1 aromatic carbocycles. The molecule has 1 aliphatic heterocycles. The zero-order chi connectivity index (χ0) is 14.7. The number of carbonyl (C=O) groups excluding carboxylic acids is 3. The Bertz CT molecular complexity index is 569. The second-order valence-electron chi connectivity index (χ2n) is 4.86. The van der Waals surface area contributed by atoms with E-state index >= 15 is 0 Å². The molecule has 2 rings (SSSR count). The van der Waals surface area contributed by atoms with Crippen LogP contribution in [0.1, 0.15) is 27.9 Å². The van der Waals surface area contributed by atoms with Gasteiger partial charge in [-0.25, -0.2) is 4.79 Å². The van der Waals surface area contributed by atoms with E-state index in [1.165, 1.54) is 0 Å². The van der Waals surface area contributed by atoms with Crippen LogP contribution in [0.5, 0.6) is 0 Å². The highest BCUT2D eigenvalue weighted by Crippen LogP contribution is 2.09. The number of benzene rings is 1. The van der Waals surface area contributed by atoms with Gasteiger partial charge in [-0.3, -0.25) is 14.9 Å². The predicted molar refractivity (Wildman–Crippen MR) is 73.3 cm³/mol. The van der Waals surface area contributed by atoms with Crippen molar-refractivity contribution in [1.82, 2.24) is 16.0 Å². The number of amides is 4. The highest BCUT2D eigenvalue weighted by atomic mass is 16.2. The van der Waals surface area contributed by atoms with Gasteiger partial charge >= 0.3 is 6.03 Å². The molecule has 1 fully saturated rings. The van der Waals surface area contributed by atoms with Crippen molar-refractivity contribution in [2.24, 2.45) is 0 Å². The molecule has 1 unspecified atom stereocenters. The molecular weight excluding hydrogens is 258 g/mol. The van der Waals surface area contributed by atoms with Crippen molar-refractivity contribution in [3.8, 4) is 0 Å². The number of imide groups is 1. The molecule has 1 atom stereocenters. The van der Waals surface area contributed by atoms with Crippen LogP contribution in [0.25, 0.3) is 0 Å². The maximum atomic E-state index is 11.9. The van der Waals surface area contributed by atoms with E-state index in [1.54, 1.807) is 6.07 Å². The summed E-state index contributed by atoms with van der Waals surface area (Å²) in [4.78, 5) is 34.2. The molecule has 3 N–H and O–H groups in total. The van der Waals surface area contributed by atoms with Gasteiger partial charge in [-0.15, -0.1) is 0 Å². The lowest BCUT2D eigenvalue weighted by Crippen LogP contribution is -2.34. The lowest BCUT2D eigenvalue weighted by Gasteiger charge is -2.09. The van der Waals surface area contributed by atoms with E-state index in [9.17, 15) is 14.4 Å². The molecule has 1 aliphatic rings. The van der Waals surface area contributed by atoms with E-state index in [2.05, 4.69) is 16.0 Å². The first-order chi connectivity index (χ1) is 9.47. The Balaban J connectivity index is 1.85. The molecule has 6 heteroatoms. The average molecular weight is 275 g/mol. The fourth-order valence-electron chi connectivity index (χ4n) is 1.98. The zero-order valence-corrected chi connectivity index (χ0v) is 11.4. The van der Waals surface area contributed by atoms with Gasteiger partial charge in [0.1, 0.15) is 6.04 Å². The number of rotatable bonds is 4. The molecule has 4 amide bonds. The molecule has 6 nitrogen and oxygen atoms in total. The van der Waals surface area contributed by atoms with Crippen LogP contribution in [0, 0.1) is 13.8 Å². The van der Waals surface area contributed by atoms with Crippen LogP contribution in [0.4, 0.5) is 4.79 Å². The third kappa shape index (κ3) is 3.14. The van der Waals surface area contributed by atoms with Crippen molar-refractivity contribution in [1.29, 1.82) is 0 Å². The minimum atomic E-state index is -0.567. The number of hydrogen-bond donors (Lipinski definition) is 3. The summed E-state index contributed by atoms with van der Waals surface area (Å²) in [5.74, 6) is -0.534. The molecule has 106 valence electrons. The summed E-state index contributed by atoms with van der Waals surface area (Å²) < 4.78 is 0. The third-order valence-corrected chi connectivity index (χ3v) is 3.35. The summed E-state index contributed by atoms with van der Waals surface area (Å²) in [6.07, 6.45) is 0.369. The van der Waals surface area contributed by atoms with E-state index in [4.69, 9.17) is 0 Å². The molecule has 0 spiro atoms. The Labute approximate surface area is 116 Å². The van der Waals surface area contributed by atoms with Crippen LogP contribution in [0.15, 0.2) is 18.2 Å². The van der Waals surface area contributed by atoms with Gasteiger partial charge < -0.3 is 10.6 Å². The van der Waals surface area contributed by atoms with Crippen molar-refractivity contribution in [2.45, 2.75) is 26.3 Å². The quantitative estimate of drug-likeness (QED) is 0.704. The highest BCUT2D eigenvalue weighted by Gasteiger charge is 2.28. The maximum Gasteiger partial charge on any atom is 0.322 e. The van der Waals surface area contributed by atoms with Gasteiger partial charge in [-0.2, -0.15) is 0 Å². The highest BCUT2D eigenvalue weighted by molar-refractivity contribution is 6.04. The molecule has 1 heterocycles. The molecule has 0 aromatic heterocycles. The number of aryl methyl sites for hydroxylation is 2. The average Bonchev–Trinajstić information content (AvgIpc) is 2.71. The van der Waals surface area contributed by atoms with E-state index < -0.39 is 12.1 Å². The summed E-state index contributed by atoms with van der Waals surface area (Å²) >= 11 is 0. The fourth-order valence-corrected chi connectivity index (χ4v) is 1.98. The van der Waals surface area contributed by atoms with Gasteiger partial charge in [-0.05, 0) is 43.5 Å². The Hall–Kier alpha value is -2.37. The van der Waals surface area contributed by atoms with Crippen molar-refractivity contribution in [2.75, 3.05) is 6.54 Å². The van der Waals surface area contributed by atoms with E-state index in [1.807, 2.05) is 26.0 Å². The topological polar surface area (TPSA) is 87.3 Å². The lowest BCUT2D eigenvalue weighted by molar-refractivity contribution is -0.120. The number of hydrogen-bond acceptors (Lipinski definition) is 3. The molecule has 1 aromatic rings. The largest absolute Gasteiger partial charge is 0.352 e. The van der Waals surface area contributed by atoms with Gasteiger partial charge in [0.2, 0.25) is 0 Å². The summed E-state index contributed by atoms with van der Waals surface area (Å²) in [6.45, 7) is 4.26. The number of urea groups is 1. The molecule has 0 bridgehead atoms. The van der Waals surface area contributed by atoms with Crippen molar-refractivity contribution in [3.63, 3.8) is 0 Å². The van der Waals surface area contributed by atoms with Crippen LogP contribution in [0.2, 0.25) is 0 Å². The second kappa shape index (κ2) is 5.73. The molecule has 0 aliphatic carbocycles. The van der Waals surface area contributed by atoms with Gasteiger partial charge in [0.05, 0.1) is 0 Å². The van der Waals surface area contributed by atoms with Crippen LogP contribution in [-0.4, -0.2) is 30.4 Å². The zero-order valence-electron chi connectivity index (χ0n) is 11.4. The Morgan fingerprint density at radius 3 is 2.60 bits per heavy atom. The van der Waals surface area contributed by atoms with Crippen molar-refractivity contribution in [3.05, 3.63) is 34.9 Å². The van der Waals surface area contributed by atoms with Gasteiger partial charge in [0.15, 0.2) is 0 Å². The number of carbonyl (C=O) groups is 3. The smallest absolute Gasteiger partial charge is 0.322 e.